The number of benzene rings is 1. The van der Waals surface area contributed by atoms with Gasteiger partial charge in [0, 0.05) is 38.5 Å². The lowest BCUT2D eigenvalue weighted by Crippen LogP contribution is -2.48. The Kier molecular flexibility index (Phi) is 6.98. The summed E-state index contributed by atoms with van der Waals surface area (Å²) in [5, 5.41) is 2.31. The monoisotopic (exact) mass is 432 g/mol. The van der Waals surface area contributed by atoms with E-state index in [1.54, 1.807) is 28.0 Å². The van der Waals surface area contributed by atoms with Gasteiger partial charge < -0.3 is 30.3 Å². The number of methoxy groups -OCH3 is 2. The van der Waals surface area contributed by atoms with Crippen molar-refractivity contribution >= 4 is 23.6 Å². The number of likely N-dealkylation sites (tertiary alicyclic amines) is 2. The average Bonchev–Trinajstić information content (AvgIpc) is 3.08. The number of urea groups is 1. The van der Waals surface area contributed by atoms with Gasteiger partial charge in [-0.25, -0.2) is 4.79 Å². The first-order chi connectivity index (χ1) is 14.8. The van der Waals surface area contributed by atoms with E-state index in [1.807, 2.05) is 0 Å². The van der Waals surface area contributed by atoms with Crippen molar-refractivity contribution in [1.82, 2.24) is 15.1 Å². The maximum atomic E-state index is 12.8. The summed E-state index contributed by atoms with van der Waals surface area (Å²) in [5.74, 6) is 0.648. The van der Waals surface area contributed by atoms with Crippen molar-refractivity contribution in [1.29, 1.82) is 0 Å². The molecule has 0 spiro atoms. The van der Waals surface area contributed by atoms with E-state index in [9.17, 15) is 19.2 Å². The van der Waals surface area contributed by atoms with E-state index in [-0.39, 0.29) is 48.9 Å². The molecule has 4 amide bonds. The predicted octanol–water partition coefficient (Wildman–Crippen LogP) is 0.394. The molecule has 0 radical (unpaired) electrons. The van der Waals surface area contributed by atoms with Gasteiger partial charge in [-0.05, 0) is 30.5 Å². The number of carbonyl (C=O) groups is 4. The summed E-state index contributed by atoms with van der Waals surface area (Å²) >= 11 is 0. The van der Waals surface area contributed by atoms with Crippen LogP contribution in [0.2, 0.25) is 0 Å². The number of primary amides is 1. The molecule has 10 nitrogen and oxygen atoms in total. The number of Topliss-reactive ketones (excluding diaryl/α,β-unsaturated/α-hetero) is 1. The van der Waals surface area contributed by atoms with E-state index in [0.717, 1.165) is 6.42 Å². The normalized spacial score (nSPS) is 19.7. The fourth-order valence-electron chi connectivity index (χ4n) is 4.28. The molecule has 3 rings (SSSR count). The van der Waals surface area contributed by atoms with Crippen molar-refractivity contribution < 1.29 is 28.7 Å². The van der Waals surface area contributed by atoms with Gasteiger partial charge in [-0.15, -0.1) is 0 Å². The summed E-state index contributed by atoms with van der Waals surface area (Å²) in [7, 11) is 3.00. The maximum Gasteiger partial charge on any atom is 0.312 e. The number of ketones is 1. The number of nitrogens with one attached hydrogen (secondary N) is 1. The Bertz CT molecular complexity index is 873. The standard InChI is InChI=1S/C21H28N4O6/c1-30-15-3-5-18(31-2)16(8-15)17(26)4-6-19(27)24-10-13-7-14(12-24)25(11-13)20(28)9-23-21(22)29/h3,5,8,13-14H,4,6-7,9-12H2,1-2H3,(H3,22,23,29). The second-order valence-corrected chi connectivity index (χ2v) is 7.81. The Hall–Kier alpha value is -3.30. The number of piperidine rings is 1. The highest BCUT2D eigenvalue weighted by Gasteiger charge is 2.41. The van der Waals surface area contributed by atoms with Crippen LogP contribution in [0.4, 0.5) is 4.79 Å². The van der Waals surface area contributed by atoms with Crippen molar-refractivity contribution in [2.45, 2.75) is 25.3 Å². The molecule has 1 aromatic rings. The summed E-state index contributed by atoms with van der Waals surface area (Å²) in [6.45, 7) is 1.38. The number of ether oxygens (including phenoxy) is 2. The van der Waals surface area contributed by atoms with Crippen LogP contribution in [0.3, 0.4) is 0 Å². The molecule has 2 saturated heterocycles. The van der Waals surface area contributed by atoms with Gasteiger partial charge in [-0.2, -0.15) is 0 Å². The van der Waals surface area contributed by atoms with Crippen molar-refractivity contribution in [3.05, 3.63) is 23.8 Å². The van der Waals surface area contributed by atoms with Gasteiger partial charge in [0.1, 0.15) is 11.5 Å². The molecule has 3 N–H and O–H groups in total. The lowest BCUT2D eigenvalue weighted by Gasteiger charge is -2.33. The second kappa shape index (κ2) is 9.67. The first kappa shape index (κ1) is 22.4. The number of nitrogens with two attached hydrogens (primary N) is 1. The molecular weight excluding hydrogens is 404 g/mol. The summed E-state index contributed by atoms with van der Waals surface area (Å²) in [5.41, 5.74) is 5.41. The van der Waals surface area contributed by atoms with Crippen LogP contribution < -0.4 is 20.5 Å². The number of hydrogen-bond donors (Lipinski definition) is 2. The number of carbonyl (C=O) groups excluding carboxylic acids is 4. The molecule has 2 fully saturated rings. The first-order valence-electron chi connectivity index (χ1n) is 10.2. The fourth-order valence-corrected chi connectivity index (χ4v) is 4.28. The van der Waals surface area contributed by atoms with Crippen LogP contribution >= 0.6 is 0 Å². The largest absolute Gasteiger partial charge is 0.497 e. The molecule has 31 heavy (non-hydrogen) atoms. The molecule has 0 aliphatic carbocycles. The van der Waals surface area contributed by atoms with Crippen LogP contribution in [0.5, 0.6) is 11.5 Å². The van der Waals surface area contributed by atoms with Gasteiger partial charge in [0.2, 0.25) is 11.8 Å². The van der Waals surface area contributed by atoms with Crippen molar-refractivity contribution in [3.8, 4) is 11.5 Å². The third kappa shape index (κ3) is 5.25. The van der Waals surface area contributed by atoms with Crippen molar-refractivity contribution in [3.63, 3.8) is 0 Å². The van der Waals surface area contributed by atoms with E-state index < -0.39 is 6.03 Å². The molecule has 2 aliphatic rings. The van der Waals surface area contributed by atoms with Gasteiger partial charge in [-0.3, -0.25) is 14.4 Å². The predicted molar refractivity (Wildman–Crippen MR) is 111 cm³/mol. The first-order valence-corrected chi connectivity index (χ1v) is 10.2. The smallest absolute Gasteiger partial charge is 0.312 e. The van der Waals surface area contributed by atoms with Crippen molar-refractivity contribution in [2.75, 3.05) is 40.4 Å². The Morgan fingerprint density at radius 1 is 1.06 bits per heavy atom. The minimum absolute atomic E-state index is 0.0549. The van der Waals surface area contributed by atoms with E-state index in [0.29, 0.717) is 36.7 Å². The molecule has 2 aliphatic heterocycles. The van der Waals surface area contributed by atoms with Gasteiger partial charge >= 0.3 is 6.03 Å². The lowest BCUT2D eigenvalue weighted by molar-refractivity contribution is -0.135. The summed E-state index contributed by atoms with van der Waals surface area (Å²) in [4.78, 5) is 52.1. The molecule has 10 heteroatoms. The maximum absolute atomic E-state index is 12.8. The second-order valence-electron chi connectivity index (χ2n) is 7.81. The average molecular weight is 432 g/mol. The van der Waals surface area contributed by atoms with E-state index in [4.69, 9.17) is 15.2 Å². The van der Waals surface area contributed by atoms with Crippen LogP contribution in [-0.2, 0) is 9.59 Å². The Morgan fingerprint density at radius 3 is 2.52 bits per heavy atom. The molecular formula is C21H28N4O6. The number of amides is 4. The summed E-state index contributed by atoms with van der Waals surface area (Å²) < 4.78 is 10.4. The quantitative estimate of drug-likeness (QED) is 0.572. The van der Waals surface area contributed by atoms with Crippen LogP contribution in [0.25, 0.3) is 0 Å². The fraction of sp³-hybridized carbons (Fsp3) is 0.524. The van der Waals surface area contributed by atoms with Gasteiger partial charge in [0.15, 0.2) is 5.78 Å². The van der Waals surface area contributed by atoms with E-state index >= 15 is 0 Å². The van der Waals surface area contributed by atoms with E-state index in [1.165, 1.54) is 14.2 Å². The highest BCUT2D eigenvalue weighted by atomic mass is 16.5. The zero-order valence-electron chi connectivity index (χ0n) is 17.8. The lowest BCUT2D eigenvalue weighted by atomic mass is 9.99. The molecule has 0 saturated carbocycles. The van der Waals surface area contributed by atoms with Gasteiger partial charge in [0.05, 0.1) is 26.3 Å². The minimum Gasteiger partial charge on any atom is -0.497 e. The third-order valence-corrected chi connectivity index (χ3v) is 5.77. The molecule has 0 aromatic heterocycles. The highest BCUT2D eigenvalue weighted by Crippen LogP contribution is 2.30. The molecule has 1 aromatic carbocycles. The van der Waals surface area contributed by atoms with Crippen LogP contribution in [-0.4, -0.2) is 79.9 Å². The summed E-state index contributed by atoms with van der Waals surface area (Å²) in [6.07, 6.45) is 0.960. The van der Waals surface area contributed by atoms with E-state index in [2.05, 4.69) is 5.32 Å². The van der Waals surface area contributed by atoms with Crippen LogP contribution in [0.15, 0.2) is 18.2 Å². The Balaban J connectivity index is 1.56. The number of hydrogen-bond acceptors (Lipinski definition) is 6. The Morgan fingerprint density at radius 2 is 1.84 bits per heavy atom. The summed E-state index contributed by atoms with van der Waals surface area (Å²) in [6, 6.07) is 4.14. The molecule has 168 valence electrons. The number of nitrogens with zero attached hydrogens (tertiary/aromatic N) is 2. The van der Waals surface area contributed by atoms with Gasteiger partial charge in [-0.1, -0.05) is 0 Å². The zero-order chi connectivity index (χ0) is 22.5. The highest BCUT2D eigenvalue weighted by molar-refractivity contribution is 6.00. The molecule has 2 unspecified atom stereocenters. The Labute approximate surface area is 180 Å². The number of rotatable bonds is 8. The van der Waals surface area contributed by atoms with Crippen LogP contribution in [0.1, 0.15) is 29.6 Å². The third-order valence-electron chi connectivity index (χ3n) is 5.77. The van der Waals surface area contributed by atoms with Crippen LogP contribution in [0, 0.1) is 5.92 Å². The number of fused-ring (bicyclic) bond motifs is 2. The van der Waals surface area contributed by atoms with Crippen molar-refractivity contribution in [2.24, 2.45) is 11.7 Å². The molecule has 2 heterocycles. The van der Waals surface area contributed by atoms with Gasteiger partial charge in [0.25, 0.3) is 0 Å². The topological polar surface area (TPSA) is 131 Å². The molecule has 2 atom stereocenters. The zero-order valence-corrected chi connectivity index (χ0v) is 17.8. The SMILES string of the molecule is COc1ccc(OC)c(C(=O)CCC(=O)N2CC3CC(C2)N(C(=O)CNC(N)=O)C3)c1. The minimum atomic E-state index is -0.746. The molecule has 2 bridgehead atoms.